The van der Waals surface area contributed by atoms with Gasteiger partial charge in [-0.25, -0.2) is 0 Å². The molecule has 1 aromatic carbocycles. The molecule has 0 unspecified atom stereocenters. The smallest absolute Gasteiger partial charge is 0.242 e. The molecule has 1 aliphatic carbocycles. The Kier molecular flexibility index (Phi) is 3.09. The Labute approximate surface area is 144 Å². The molecule has 25 heavy (non-hydrogen) atoms. The molecule has 1 amide bonds. The molecular weight excluding hydrogens is 322 g/mol. The monoisotopic (exact) mass is 341 g/mol. The SMILES string of the molecule is NC1(C(=O)N2CCc3onc(-c4ccc5c(c4)OCO5)c3C2)CCC1. The molecule has 2 N–H and O–H groups in total. The van der Waals surface area contributed by atoms with Crippen molar-refractivity contribution < 1.29 is 18.8 Å². The summed E-state index contributed by atoms with van der Waals surface area (Å²) < 4.78 is 16.3. The number of hydrogen-bond donors (Lipinski definition) is 1. The van der Waals surface area contributed by atoms with E-state index < -0.39 is 5.54 Å². The minimum atomic E-state index is -0.673. The molecular formula is C18H19N3O4. The second-order valence-electron chi connectivity index (χ2n) is 6.99. The summed E-state index contributed by atoms with van der Waals surface area (Å²) in [4.78, 5) is 14.6. The molecule has 0 saturated heterocycles. The molecule has 5 rings (SSSR count). The molecule has 1 aromatic heterocycles. The summed E-state index contributed by atoms with van der Waals surface area (Å²) in [6.07, 6.45) is 3.23. The first kappa shape index (κ1) is 14.8. The number of rotatable bonds is 2. The van der Waals surface area contributed by atoms with Gasteiger partial charge in [0.2, 0.25) is 12.7 Å². The molecule has 2 aliphatic heterocycles. The van der Waals surface area contributed by atoms with Gasteiger partial charge in [-0.2, -0.15) is 0 Å². The Hall–Kier alpha value is -2.54. The van der Waals surface area contributed by atoms with E-state index in [1.165, 1.54) is 0 Å². The van der Waals surface area contributed by atoms with Crippen LogP contribution in [0, 0.1) is 0 Å². The molecule has 0 radical (unpaired) electrons. The second-order valence-corrected chi connectivity index (χ2v) is 6.99. The number of benzene rings is 1. The molecule has 0 spiro atoms. The Morgan fingerprint density at radius 1 is 1.24 bits per heavy atom. The summed E-state index contributed by atoms with van der Waals surface area (Å²) in [5.41, 5.74) is 8.16. The van der Waals surface area contributed by atoms with Crippen molar-refractivity contribution in [1.82, 2.24) is 10.1 Å². The molecule has 3 heterocycles. The zero-order chi connectivity index (χ0) is 17.0. The first-order valence-corrected chi connectivity index (χ1v) is 8.60. The third-order valence-electron chi connectivity index (χ3n) is 5.43. The number of nitrogens with two attached hydrogens (primary N) is 1. The van der Waals surface area contributed by atoms with Crippen molar-refractivity contribution in [2.45, 2.75) is 37.8 Å². The number of fused-ring (bicyclic) bond motifs is 2. The zero-order valence-corrected chi connectivity index (χ0v) is 13.8. The topological polar surface area (TPSA) is 90.8 Å². The van der Waals surface area contributed by atoms with Crippen molar-refractivity contribution in [2.75, 3.05) is 13.3 Å². The van der Waals surface area contributed by atoms with E-state index in [9.17, 15) is 4.79 Å². The van der Waals surface area contributed by atoms with E-state index in [-0.39, 0.29) is 12.7 Å². The van der Waals surface area contributed by atoms with E-state index in [1.54, 1.807) is 0 Å². The number of aromatic nitrogens is 1. The largest absolute Gasteiger partial charge is 0.454 e. The fourth-order valence-electron chi connectivity index (χ4n) is 3.74. The van der Waals surface area contributed by atoms with Gasteiger partial charge in [0.25, 0.3) is 0 Å². The molecule has 2 aromatic rings. The standard InChI is InChI=1S/C18H19N3O4/c19-18(5-1-6-18)17(22)21-7-4-13-12(9-21)16(20-25-13)11-2-3-14-15(8-11)24-10-23-14/h2-3,8H,1,4-7,9-10,19H2. The highest BCUT2D eigenvalue weighted by atomic mass is 16.7. The van der Waals surface area contributed by atoms with Crippen molar-refractivity contribution in [3.05, 3.63) is 29.5 Å². The van der Waals surface area contributed by atoms with Crippen molar-refractivity contribution >= 4 is 5.91 Å². The van der Waals surface area contributed by atoms with Gasteiger partial charge in [-0.15, -0.1) is 0 Å². The van der Waals surface area contributed by atoms with Crippen molar-refractivity contribution in [3.8, 4) is 22.8 Å². The van der Waals surface area contributed by atoms with E-state index in [4.69, 9.17) is 19.7 Å². The quantitative estimate of drug-likeness (QED) is 0.896. The van der Waals surface area contributed by atoms with Crippen molar-refractivity contribution in [3.63, 3.8) is 0 Å². The molecule has 1 fully saturated rings. The minimum absolute atomic E-state index is 0.0437. The lowest BCUT2D eigenvalue weighted by atomic mass is 9.76. The summed E-state index contributed by atoms with van der Waals surface area (Å²) in [5.74, 6) is 2.32. The van der Waals surface area contributed by atoms with Crippen LogP contribution in [-0.2, 0) is 17.8 Å². The van der Waals surface area contributed by atoms with E-state index >= 15 is 0 Å². The average Bonchev–Trinajstić information content (AvgIpc) is 3.24. The Morgan fingerprint density at radius 2 is 2.08 bits per heavy atom. The number of carbonyl (C=O) groups is 1. The predicted octanol–water partition coefficient (Wildman–Crippen LogP) is 1.84. The maximum atomic E-state index is 12.7. The lowest BCUT2D eigenvalue weighted by Crippen LogP contribution is -2.60. The summed E-state index contributed by atoms with van der Waals surface area (Å²) in [6, 6.07) is 5.70. The van der Waals surface area contributed by atoms with Gasteiger partial charge >= 0.3 is 0 Å². The maximum absolute atomic E-state index is 12.7. The molecule has 3 aliphatic rings. The Bertz CT molecular complexity index is 856. The summed E-state index contributed by atoms with van der Waals surface area (Å²) in [7, 11) is 0. The average molecular weight is 341 g/mol. The number of nitrogens with zero attached hydrogens (tertiary/aromatic N) is 2. The van der Waals surface area contributed by atoms with Crippen LogP contribution in [0.5, 0.6) is 11.5 Å². The molecule has 7 nitrogen and oxygen atoms in total. The van der Waals surface area contributed by atoms with E-state index in [0.717, 1.165) is 47.6 Å². The van der Waals surface area contributed by atoms with Crippen LogP contribution in [0.4, 0.5) is 0 Å². The second kappa shape index (κ2) is 5.23. The van der Waals surface area contributed by atoms with Gasteiger partial charge in [0.1, 0.15) is 11.5 Å². The van der Waals surface area contributed by atoms with Crippen LogP contribution < -0.4 is 15.2 Å². The number of amides is 1. The fraction of sp³-hybridized carbons (Fsp3) is 0.444. The lowest BCUT2D eigenvalue weighted by Gasteiger charge is -2.41. The first-order valence-electron chi connectivity index (χ1n) is 8.60. The first-order chi connectivity index (χ1) is 12.1. The highest BCUT2D eigenvalue weighted by Gasteiger charge is 2.44. The van der Waals surface area contributed by atoms with Crippen LogP contribution in [-0.4, -0.2) is 34.8 Å². The van der Waals surface area contributed by atoms with Gasteiger partial charge < -0.3 is 24.6 Å². The van der Waals surface area contributed by atoms with Gasteiger partial charge in [0, 0.05) is 24.1 Å². The van der Waals surface area contributed by atoms with Crippen LogP contribution in [0.15, 0.2) is 22.7 Å². The molecule has 0 atom stereocenters. The van der Waals surface area contributed by atoms with Crippen molar-refractivity contribution in [2.24, 2.45) is 5.73 Å². The Balaban J connectivity index is 1.46. The highest BCUT2D eigenvalue weighted by Crippen LogP contribution is 2.39. The van der Waals surface area contributed by atoms with Gasteiger partial charge in [0.05, 0.1) is 12.1 Å². The molecule has 0 bridgehead atoms. The summed E-state index contributed by atoms with van der Waals surface area (Å²) in [5, 5.41) is 4.24. The van der Waals surface area contributed by atoms with Gasteiger partial charge in [-0.1, -0.05) is 5.16 Å². The number of ether oxygens (including phenoxy) is 2. The van der Waals surface area contributed by atoms with Crippen molar-refractivity contribution in [1.29, 1.82) is 0 Å². The van der Waals surface area contributed by atoms with Crippen LogP contribution in [0.1, 0.15) is 30.6 Å². The van der Waals surface area contributed by atoms with E-state index in [0.29, 0.717) is 25.3 Å². The van der Waals surface area contributed by atoms with E-state index in [2.05, 4.69) is 5.16 Å². The lowest BCUT2D eigenvalue weighted by molar-refractivity contribution is -0.141. The molecule has 1 saturated carbocycles. The van der Waals surface area contributed by atoms with Gasteiger partial charge in [-0.05, 0) is 37.5 Å². The number of hydrogen-bond acceptors (Lipinski definition) is 6. The molecule has 130 valence electrons. The fourth-order valence-corrected chi connectivity index (χ4v) is 3.74. The normalized spacial score (nSPS) is 20.1. The van der Waals surface area contributed by atoms with Crippen LogP contribution in [0.25, 0.3) is 11.3 Å². The van der Waals surface area contributed by atoms with Crippen LogP contribution in [0.2, 0.25) is 0 Å². The summed E-state index contributed by atoms with van der Waals surface area (Å²) in [6.45, 7) is 1.34. The number of carbonyl (C=O) groups excluding carboxylic acids is 1. The molecule has 7 heteroatoms. The highest BCUT2D eigenvalue weighted by molar-refractivity contribution is 5.87. The van der Waals surface area contributed by atoms with Crippen LogP contribution >= 0.6 is 0 Å². The maximum Gasteiger partial charge on any atom is 0.242 e. The third-order valence-corrected chi connectivity index (χ3v) is 5.43. The van der Waals surface area contributed by atoms with Gasteiger partial charge in [0.15, 0.2) is 11.5 Å². The van der Waals surface area contributed by atoms with E-state index in [1.807, 2.05) is 23.1 Å². The van der Waals surface area contributed by atoms with Gasteiger partial charge in [-0.3, -0.25) is 4.79 Å². The predicted molar refractivity (Wildman–Crippen MR) is 88.0 cm³/mol. The summed E-state index contributed by atoms with van der Waals surface area (Å²) >= 11 is 0. The third kappa shape index (κ3) is 2.22. The van der Waals surface area contributed by atoms with Crippen LogP contribution in [0.3, 0.4) is 0 Å². The Morgan fingerprint density at radius 3 is 2.88 bits per heavy atom. The minimum Gasteiger partial charge on any atom is -0.454 e. The zero-order valence-electron chi connectivity index (χ0n) is 13.8.